The van der Waals surface area contributed by atoms with Crippen LogP contribution in [-0.4, -0.2) is 5.91 Å². The predicted octanol–water partition coefficient (Wildman–Crippen LogP) is 2.94. The highest BCUT2D eigenvalue weighted by Crippen LogP contribution is 2.20. The normalized spacial score (nSPS) is 11.9. The number of primary amides is 1. The molecule has 0 aliphatic heterocycles. The fourth-order valence-electron chi connectivity index (χ4n) is 1.89. The number of nitrogens with one attached hydrogen (secondary N) is 1. The summed E-state index contributed by atoms with van der Waals surface area (Å²) in [7, 11) is 0. The minimum atomic E-state index is -0.511. The largest absolute Gasteiger partial charge is 0.370 e. The van der Waals surface area contributed by atoms with E-state index in [9.17, 15) is 4.79 Å². The Labute approximate surface area is 113 Å². The van der Waals surface area contributed by atoms with Gasteiger partial charge in [0.15, 0.2) is 0 Å². The van der Waals surface area contributed by atoms with E-state index in [2.05, 4.69) is 5.32 Å². The van der Waals surface area contributed by atoms with E-state index in [0.29, 0.717) is 0 Å². The Balaban J connectivity index is 2.23. The maximum Gasteiger partial charge on any atom is 0.244 e. The minimum absolute atomic E-state index is 0.385. The summed E-state index contributed by atoms with van der Waals surface area (Å²) in [4.78, 5) is 11.6. The Kier molecular flexibility index (Phi) is 3.85. The van der Waals surface area contributed by atoms with Gasteiger partial charge in [0.1, 0.15) is 6.04 Å². The number of carbonyl (C=O) groups excluding carboxylic acids is 1. The van der Waals surface area contributed by atoms with Crippen LogP contribution in [0.15, 0.2) is 48.5 Å². The number of aryl methyl sites for hydroxylation is 2. The molecule has 0 aliphatic rings. The molecule has 0 heterocycles. The number of rotatable bonds is 4. The van der Waals surface area contributed by atoms with Gasteiger partial charge in [-0.3, -0.25) is 4.79 Å². The maximum atomic E-state index is 11.6. The molecule has 3 N–H and O–H groups in total. The number of hydrogen-bond donors (Lipinski definition) is 2. The fourth-order valence-corrected chi connectivity index (χ4v) is 1.89. The van der Waals surface area contributed by atoms with Gasteiger partial charge in [-0.25, -0.2) is 0 Å². The van der Waals surface area contributed by atoms with Crippen molar-refractivity contribution in [2.75, 3.05) is 5.32 Å². The van der Waals surface area contributed by atoms with Crippen LogP contribution < -0.4 is 11.1 Å². The second-order valence-corrected chi connectivity index (χ2v) is 4.76. The molecule has 0 spiro atoms. The third kappa shape index (κ3) is 3.35. The van der Waals surface area contributed by atoms with Crippen LogP contribution in [0.4, 0.5) is 5.69 Å². The molecule has 19 heavy (non-hydrogen) atoms. The van der Waals surface area contributed by atoms with Crippen molar-refractivity contribution < 1.29 is 4.79 Å². The summed E-state index contributed by atoms with van der Waals surface area (Å²) in [6.07, 6.45) is 0. The van der Waals surface area contributed by atoms with Crippen LogP contribution in [-0.2, 0) is 4.79 Å². The number of hydrogen-bond acceptors (Lipinski definition) is 2. The van der Waals surface area contributed by atoms with Crippen LogP contribution in [0.1, 0.15) is 22.7 Å². The minimum Gasteiger partial charge on any atom is -0.370 e. The molecule has 0 aliphatic carbocycles. The number of nitrogens with two attached hydrogens (primary N) is 1. The Bertz CT molecular complexity index is 558. The second kappa shape index (κ2) is 5.57. The lowest BCUT2D eigenvalue weighted by atomic mass is 10.0. The average molecular weight is 254 g/mol. The highest BCUT2D eigenvalue weighted by molar-refractivity contribution is 5.84. The summed E-state index contributed by atoms with van der Waals surface area (Å²) in [5, 5.41) is 3.17. The van der Waals surface area contributed by atoms with Gasteiger partial charge in [-0.15, -0.1) is 0 Å². The zero-order valence-electron chi connectivity index (χ0n) is 11.2. The van der Waals surface area contributed by atoms with Crippen molar-refractivity contribution in [1.82, 2.24) is 0 Å². The molecule has 98 valence electrons. The standard InChI is InChI=1S/C16H18N2O/c1-11-3-7-13(8-4-11)15(16(17)19)18-14-9-5-12(2)6-10-14/h3-10,15,18H,1-2H3,(H2,17,19). The molecule has 3 nitrogen and oxygen atoms in total. The Morgan fingerprint density at radius 1 is 0.947 bits per heavy atom. The van der Waals surface area contributed by atoms with E-state index in [4.69, 9.17) is 5.73 Å². The molecule has 1 amide bonds. The van der Waals surface area contributed by atoms with Crippen molar-refractivity contribution >= 4 is 11.6 Å². The number of benzene rings is 2. The van der Waals surface area contributed by atoms with Gasteiger partial charge in [-0.1, -0.05) is 47.5 Å². The lowest BCUT2D eigenvalue weighted by molar-refractivity contribution is -0.118. The second-order valence-electron chi connectivity index (χ2n) is 4.76. The zero-order chi connectivity index (χ0) is 13.8. The van der Waals surface area contributed by atoms with E-state index in [1.165, 1.54) is 5.56 Å². The first kappa shape index (κ1) is 13.1. The van der Waals surface area contributed by atoms with Gasteiger partial charge in [-0.05, 0) is 31.5 Å². The summed E-state index contributed by atoms with van der Waals surface area (Å²) in [5.74, 6) is -0.385. The Morgan fingerprint density at radius 3 is 1.89 bits per heavy atom. The molecule has 2 aromatic carbocycles. The summed E-state index contributed by atoms with van der Waals surface area (Å²) in [6, 6.07) is 15.2. The summed E-state index contributed by atoms with van der Waals surface area (Å²) in [6.45, 7) is 4.03. The molecular formula is C16H18N2O. The molecule has 1 atom stereocenters. The number of anilines is 1. The molecule has 3 heteroatoms. The molecule has 0 aromatic heterocycles. The first-order valence-corrected chi connectivity index (χ1v) is 6.25. The fraction of sp³-hybridized carbons (Fsp3) is 0.188. The summed E-state index contributed by atoms with van der Waals surface area (Å²) in [5.41, 5.74) is 9.57. The van der Waals surface area contributed by atoms with E-state index in [-0.39, 0.29) is 5.91 Å². The lowest BCUT2D eigenvalue weighted by Crippen LogP contribution is -2.27. The zero-order valence-corrected chi connectivity index (χ0v) is 11.2. The van der Waals surface area contributed by atoms with Crippen LogP contribution in [0.3, 0.4) is 0 Å². The van der Waals surface area contributed by atoms with Crippen LogP contribution in [0.25, 0.3) is 0 Å². The van der Waals surface area contributed by atoms with Gasteiger partial charge < -0.3 is 11.1 Å². The van der Waals surface area contributed by atoms with Crippen molar-refractivity contribution in [2.24, 2.45) is 5.73 Å². The van der Waals surface area contributed by atoms with Crippen molar-refractivity contribution in [3.63, 3.8) is 0 Å². The van der Waals surface area contributed by atoms with Crippen LogP contribution in [0.5, 0.6) is 0 Å². The summed E-state index contributed by atoms with van der Waals surface area (Å²) < 4.78 is 0. The lowest BCUT2D eigenvalue weighted by Gasteiger charge is -2.17. The van der Waals surface area contributed by atoms with Crippen molar-refractivity contribution in [3.8, 4) is 0 Å². The summed E-state index contributed by atoms with van der Waals surface area (Å²) >= 11 is 0. The molecule has 0 radical (unpaired) electrons. The molecule has 2 aromatic rings. The molecule has 1 unspecified atom stereocenters. The first-order chi connectivity index (χ1) is 9.06. The van der Waals surface area contributed by atoms with E-state index >= 15 is 0 Å². The smallest absolute Gasteiger partial charge is 0.244 e. The number of amides is 1. The van der Waals surface area contributed by atoms with Crippen LogP contribution >= 0.6 is 0 Å². The van der Waals surface area contributed by atoms with Gasteiger partial charge in [0.2, 0.25) is 5.91 Å². The molecule has 2 rings (SSSR count). The van der Waals surface area contributed by atoms with Crippen LogP contribution in [0, 0.1) is 13.8 Å². The molecule has 0 bridgehead atoms. The molecule has 0 fully saturated rings. The maximum absolute atomic E-state index is 11.6. The van der Waals surface area contributed by atoms with Gasteiger partial charge in [0, 0.05) is 5.69 Å². The van der Waals surface area contributed by atoms with Crippen molar-refractivity contribution in [3.05, 3.63) is 65.2 Å². The third-order valence-electron chi connectivity index (χ3n) is 3.06. The highest BCUT2D eigenvalue weighted by atomic mass is 16.1. The van der Waals surface area contributed by atoms with E-state index in [1.54, 1.807) is 0 Å². The van der Waals surface area contributed by atoms with Gasteiger partial charge in [0.05, 0.1) is 0 Å². The van der Waals surface area contributed by atoms with Crippen molar-refractivity contribution in [2.45, 2.75) is 19.9 Å². The Morgan fingerprint density at radius 2 is 1.42 bits per heavy atom. The third-order valence-corrected chi connectivity index (χ3v) is 3.06. The topological polar surface area (TPSA) is 55.1 Å². The quantitative estimate of drug-likeness (QED) is 0.881. The van der Waals surface area contributed by atoms with Gasteiger partial charge in [0.25, 0.3) is 0 Å². The SMILES string of the molecule is Cc1ccc(NC(C(N)=O)c2ccc(C)cc2)cc1. The average Bonchev–Trinajstić information content (AvgIpc) is 2.39. The molecular weight excluding hydrogens is 236 g/mol. The predicted molar refractivity (Wildman–Crippen MR) is 77.9 cm³/mol. The van der Waals surface area contributed by atoms with E-state index < -0.39 is 6.04 Å². The van der Waals surface area contributed by atoms with Crippen molar-refractivity contribution in [1.29, 1.82) is 0 Å². The molecule has 0 saturated carbocycles. The van der Waals surface area contributed by atoms with Crippen LogP contribution in [0.2, 0.25) is 0 Å². The molecule has 0 saturated heterocycles. The van der Waals surface area contributed by atoms with E-state index in [1.807, 2.05) is 62.4 Å². The Hall–Kier alpha value is -2.29. The highest BCUT2D eigenvalue weighted by Gasteiger charge is 2.17. The first-order valence-electron chi connectivity index (χ1n) is 6.25. The number of carbonyl (C=O) groups is 1. The monoisotopic (exact) mass is 254 g/mol. The van der Waals surface area contributed by atoms with Gasteiger partial charge >= 0.3 is 0 Å². The van der Waals surface area contributed by atoms with Gasteiger partial charge in [-0.2, -0.15) is 0 Å². The van der Waals surface area contributed by atoms with E-state index in [0.717, 1.165) is 16.8 Å².